The van der Waals surface area contributed by atoms with E-state index in [4.69, 9.17) is 0 Å². The molecule has 0 aliphatic heterocycles. The van der Waals surface area contributed by atoms with Crippen molar-refractivity contribution in [1.82, 2.24) is 15.3 Å². The molecular formula is C18H19N3. The molecule has 1 heterocycles. The molecule has 0 amide bonds. The highest BCUT2D eigenvalue weighted by Gasteiger charge is 2.14. The monoisotopic (exact) mass is 277 g/mol. The highest BCUT2D eigenvalue weighted by Crippen LogP contribution is 2.23. The first-order valence-corrected chi connectivity index (χ1v) is 7.20. The summed E-state index contributed by atoms with van der Waals surface area (Å²) < 4.78 is 0. The minimum absolute atomic E-state index is 0.122. The molecule has 2 aromatic carbocycles. The summed E-state index contributed by atoms with van der Waals surface area (Å²) in [5.41, 5.74) is 2.40. The first-order chi connectivity index (χ1) is 10.3. The molecule has 0 aliphatic rings. The highest BCUT2D eigenvalue weighted by molar-refractivity contribution is 5.85. The molecule has 1 atom stereocenters. The second kappa shape index (κ2) is 6.02. The SMILES string of the molecule is CNC(Cc1cccc2ccccc12)c1ncc(C)cn1. The molecule has 3 heteroatoms. The lowest BCUT2D eigenvalue weighted by Gasteiger charge is -2.16. The van der Waals surface area contributed by atoms with E-state index in [-0.39, 0.29) is 6.04 Å². The number of aryl methyl sites for hydroxylation is 1. The number of aromatic nitrogens is 2. The fourth-order valence-corrected chi connectivity index (χ4v) is 2.60. The lowest BCUT2D eigenvalue weighted by molar-refractivity contribution is 0.558. The van der Waals surface area contributed by atoms with Gasteiger partial charge in [-0.2, -0.15) is 0 Å². The zero-order chi connectivity index (χ0) is 14.7. The Morgan fingerprint density at radius 1 is 1.00 bits per heavy atom. The molecule has 106 valence electrons. The lowest BCUT2D eigenvalue weighted by Crippen LogP contribution is -2.21. The minimum Gasteiger partial charge on any atom is -0.310 e. The van der Waals surface area contributed by atoms with Crippen LogP contribution in [0.5, 0.6) is 0 Å². The number of benzene rings is 2. The van der Waals surface area contributed by atoms with E-state index in [0.717, 1.165) is 17.8 Å². The number of hydrogen-bond donors (Lipinski definition) is 1. The fraction of sp³-hybridized carbons (Fsp3) is 0.222. The van der Waals surface area contributed by atoms with Gasteiger partial charge in [0.05, 0.1) is 6.04 Å². The van der Waals surface area contributed by atoms with E-state index < -0.39 is 0 Å². The molecule has 0 saturated carbocycles. The summed E-state index contributed by atoms with van der Waals surface area (Å²) in [6.45, 7) is 2.00. The van der Waals surface area contributed by atoms with Crippen LogP contribution < -0.4 is 5.32 Å². The minimum atomic E-state index is 0.122. The van der Waals surface area contributed by atoms with E-state index in [0.29, 0.717) is 0 Å². The van der Waals surface area contributed by atoms with Crippen LogP contribution in [0, 0.1) is 6.92 Å². The Hall–Kier alpha value is -2.26. The number of rotatable bonds is 4. The van der Waals surface area contributed by atoms with Crippen molar-refractivity contribution in [3.8, 4) is 0 Å². The summed E-state index contributed by atoms with van der Waals surface area (Å²) in [7, 11) is 1.96. The largest absolute Gasteiger partial charge is 0.310 e. The maximum absolute atomic E-state index is 4.45. The molecule has 0 aliphatic carbocycles. The van der Waals surface area contributed by atoms with Gasteiger partial charge in [0.25, 0.3) is 0 Å². The molecule has 21 heavy (non-hydrogen) atoms. The van der Waals surface area contributed by atoms with Gasteiger partial charge >= 0.3 is 0 Å². The van der Waals surface area contributed by atoms with Crippen molar-refractivity contribution in [3.63, 3.8) is 0 Å². The van der Waals surface area contributed by atoms with Crippen molar-refractivity contribution >= 4 is 10.8 Å². The first kappa shape index (κ1) is 13.7. The van der Waals surface area contributed by atoms with Crippen molar-refractivity contribution in [2.45, 2.75) is 19.4 Å². The number of hydrogen-bond acceptors (Lipinski definition) is 3. The number of nitrogens with zero attached hydrogens (tertiary/aromatic N) is 2. The van der Waals surface area contributed by atoms with Gasteiger partial charge in [-0.25, -0.2) is 9.97 Å². The molecular weight excluding hydrogens is 258 g/mol. The average Bonchev–Trinajstić information content (AvgIpc) is 2.54. The lowest BCUT2D eigenvalue weighted by atomic mass is 9.98. The predicted molar refractivity (Wildman–Crippen MR) is 86.2 cm³/mol. The van der Waals surface area contributed by atoms with Crippen LogP contribution in [0.4, 0.5) is 0 Å². The third kappa shape index (κ3) is 2.93. The van der Waals surface area contributed by atoms with Crippen molar-refractivity contribution in [2.24, 2.45) is 0 Å². The van der Waals surface area contributed by atoms with Gasteiger partial charge in [-0.3, -0.25) is 0 Å². The molecule has 1 unspecified atom stereocenters. The summed E-state index contributed by atoms with van der Waals surface area (Å²) in [6, 6.07) is 15.0. The van der Waals surface area contributed by atoms with E-state index in [1.54, 1.807) is 0 Å². The van der Waals surface area contributed by atoms with Gasteiger partial charge in [0.1, 0.15) is 5.82 Å². The van der Waals surface area contributed by atoms with Crippen molar-refractivity contribution < 1.29 is 0 Å². The smallest absolute Gasteiger partial charge is 0.145 e. The van der Waals surface area contributed by atoms with E-state index in [2.05, 4.69) is 57.7 Å². The maximum Gasteiger partial charge on any atom is 0.145 e. The van der Waals surface area contributed by atoms with E-state index in [1.807, 2.05) is 26.4 Å². The van der Waals surface area contributed by atoms with Crippen LogP contribution in [-0.4, -0.2) is 17.0 Å². The Balaban J connectivity index is 1.94. The quantitative estimate of drug-likeness (QED) is 0.794. The van der Waals surface area contributed by atoms with Gasteiger partial charge in [-0.15, -0.1) is 0 Å². The van der Waals surface area contributed by atoms with E-state index in [9.17, 15) is 0 Å². The van der Waals surface area contributed by atoms with Crippen molar-refractivity contribution in [2.75, 3.05) is 7.05 Å². The van der Waals surface area contributed by atoms with Crippen LogP contribution in [0.2, 0.25) is 0 Å². The van der Waals surface area contributed by atoms with Gasteiger partial charge < -0.3 is 5.32 Å². The van der Waals surface area contributed by atoms with Gasteiger partial charge in [-0.05, 0) is 42.3 Å². The first-order valence-electron chi connectivity index (χ1n) is 7.20. The molecule has 0 radical (unpaired) electrons. The molecule has 0 spiro atoms. The van der Waals surface area contributed by atoms with Crippen LogP contribution in [-0.2, 0) is 6.42 Å². The Kier molecular flexibility index (Phi) is 3.93. The second-order valence-electron chi connectivity index (χ2n) is 5.30. The Morgan fingerprint density at radius 2 is 1.71 bits per heavy atom. The van der Waals surface area contributed by atoms with Gasteiger partial charge in [-0.1, -0.05) is 42.5 Å². The van der Waals surface area contributed by atoms with E-state index in [1.165, 1.54) is 16.3 Å². The van der Waals surface area contributed by atoms with Crippen LogP contribution in [0.25, 0.3) is 10.8 Å². The molecule has 0 saturated heterocycles. The zero-order valence-corrected chi connectivity index (χ0v) is 12.4. The summed E-state index contributed by atoms with van der Waals surface area (Å²) in [5.74, 6) is 0.844. The standard InChI is InChI=1S/C18H19N3/c1-13-11-20-18(21-12-13)17(19-2)10-15-8-5-7-14-6-3-4-9-16(14)15/h3-9,11-12,17,19H,10H2,1-2H3. The van der Waals surface area contributed by atoms with Crippen molar-refractivity contribution in [3.05, 3.63) is 71.8 Å². The summed E-state index contributed by atoms with van der Waals surface area (Å²) in [4.78, 5) is 8.90. The second-order valence-corrected chi connectivity index (χ2v) is 5.30. The molecule has 3 rings (SSSR count). The molecule has 0 fully saturated rings. The van der Waals surface area contributed by atoms with Crippen LogP contribution in [0.1, 0.15) is 23.0 Å². The van der Waals surface area contributed by atoms with Gasteiger partial charge in [0.2, 0.25) is 0 Å². The van der Waals surface area contributed by atoms with Crippen LogP contribution in [0.3, 0.4) is 0 Å². The third-order valence-electron chi connectivity index (χ3n) is 3.77. The average molecular weight is 277 g/mol. The fourth-order valence-electron chi connectivity index (χ4n) is 2.60. The van der Waals surface area contributed by atoms with E-state index >= 15 is 0 Å². The topological polar surface area (TPSA) is 37.8 Å². The Morgan fingerprint density at radius 3 is 2.48 bits per heavy atom. The number of fused-ring (bicyclic) bond motifs is 1. The third-order valence-corrected chi connectivity index (χ3v) is 3.77. The maximum atomic E-state index is 4.45. The molecule has 0 bridgehead atoms. The Bertz CT molecular complexity index is 730. The van der Waals surface area contributed by atoms with Gasteiger partial charge in [0.15, 0.2) is 0 Å². The molecule has 3 nitrogen and oxygen atoms in total. The normalized spacial score (nSPS) is 12.5. The molecule has 1 N–H and O–H groups in total. The zero-order valence-electron chi connectivity index (χ0n) is 12.4. The molecule has 1 aromatic heterocycles. The summed E-state index contributed by atoms with van der Waals surface area (Å²) in [5, 5.41) is 5.90. The molecule has 3 aromatic rings. The van der Waals surface area contributed by atoms with Crippen LogP contribution in [0.15, 0.2) is 54.9 Å². The van der Waals surface area contributed by atoms with Crippen molar-refractivity contribution in [1.29, 1.82) is 0 Å². The van der Waals surface area contributed by atoms with Crippen LogP contribution >= 0.6 is 0 Å². The highest BCUT2D eigenvalue weighted by atomic mass is 15.0. The Labute approximate surface area is 125 Å². The summed E-state index contributed by atoms with van der Waals surface area (Å²) >= 11 is 0. The van der Waals surface area contributed by atoms with Gasteiger partial charge in [0, 0.05) is 12.4 Å². The predicted octanol–water partition coefficient (Wildman–Crippen LogP) is 3.44. The number of nitrogens with one attached hydrogen (secondary N) is 1. The number of likely N-dealkylation sites (N-methyl/N-ethyl adjacent to an activating group) is 1. The summed E-state index contributed by atoms with van der Waals surface area (Å²) in [6.07, 6.45) is 4.62.